The first kappa shape index (κ1) is 19.7. The normalized spacial score (nSPS) is 15.3. The number of imidazole rings is 1. The molecule has 29 heavy (non-hydrogen) atoms. The number of nitrogens with one attached hydrogen (secondary N) is 2. The third-order valence-corrected chi connectivity index (χ3v) is 5.86. The van der Waals surface area contributed by atoms with E-state index in [0.717, 1.165) is 38.3 Å². The van der Waals surface area contributed by atoms with Crippen molar-refractivity contribution in [1.29, 1.82) is 0 Å². The standard InChI is InChI=1S/C19H23ClN6O3/c1-23-16-15(17(28)22-19(23)29)26(12-13-4-2-3-5-14(13)20)18(21-16)25-8-6-24(7-9-25)10-11-27/h2-5,27H,6-12H2,1H3,(H,22,28,29)/p+1. The molecule has 3 heterocycles. The molecule has 3 N–H and O–H groups in total. The van der Waals surface area contributed by atoms with Crippen molar-refractivity contribution in [3.8, 4) is 0 Å². The minimum atomic E-state index is -0.492. The first-order valence-corrected chi connectivity index (χ1v) is 9.99. The lowest BCUT2D eigenvalue weighted by Gasteiger charge is -2.32. The SMILES string of the molecule is Cn1c(=O)[nH]c(=O)c2c1nc(N1CC[NH+](CCO)CC1)n2Cc1ccccc1Cl. The van der Waals surface area contributed by atoms with Gasteiger partial charge in [-0.05, 0) is 11.6 Å². The molecule has 9 nitrogen and oxygen atoms in total. The summed E-state index contributed by atoms with van der Waals surface area (Å²) in [6.07, 6.45) is 0. The fraction of sp³-hybridized carbons (Fsp3) is 0.421. The summed E-state index contributed by atoms with van der Waals surface area (Å²) in [5.74, 6) is 0.648. The smallest absolute Gasteiger partial charge is 0.329 e. The van der Waals surface area contributed by atoms with Crippen molar-refractivity contribution < 1.29 is 10.0 Å². The molecule has 1 saturated heterocycles. The van der Waals surface area contributed by atoms with Gasteiger partial charge in [0.15, 0.2) is 11.2 Å². The van der Waals surface area contributed by atoms with Gasteiger partial charge in [0, 0.05) is 12.1 Å². The van der Waals surface area contributed by atoms with Gasteiger partial charge in [-0.3, -0.25) is 18.9 Å². The van der Waals surface area contributed by atoms with Crippen LogP contribution in [-0.2, 0) is 13.6 Å². The summed E-state index contributed by atoms with van der Waals surface area (Å²) >= 11 is 6.37. The van der Waals surface area contributed by atoms with Crippen LogP contribution in [0, 0.1) is 0 Å². The van der Waals surface area contributed by atoms with Gasteiger partial charge < -0.3 is 14.9 Å². The molecule has 2 aromatic heterocycles. The largest absolute Gasteiger partial charge is 0.391 e. The summed E-state index contributed by atoms with van der Waals surface area (Å²) in [6.45, 7) is 4.47. The van der Waals surface area contributed by atoms with Crippen molar-refractivity contribution in [1.82, 2.24) is 19.1 Å². The Kier molecular flexibility index (Phi) is 5.44. The monoisotopic (exact) mass is 419 g/mol. The Bertz CT molecular complexity index is 1140. The molecule has 0 spiro atoms. The maximum absolute atomic E-state index is 12.7. The first-order valence-electron chi connectivity index (χ1n) is 9.62. The average Bonchev–Trinajstić information content (AvgIpc) is 3.09. The summed E-state index contributed by atoms with van der Waals surface area (Å²) in [7, 11) is 1.60. The predicted molar refractivity (Wildman–Crippen MR) is 111 cm³/mol. The molecule has 0 atom stereocenters. The highest BCUT2D eigenvalue weighted by Gasteiger charge is 2.26. The molecule has 1 aliphatic heterocycles. The lowest BCUT2D eigenvalue weighted by atomic mass is 10.2. The number of quaternary nitrogens is 1. The van der Waals surface area contributed by atoms with Crippen molar-refractivity contribution in [3.05, 3.63) is 55.7 Å². The number of nitrogens with zero attached hydrogens (tertiary/aromatic N) is 4. The van der Waals surface area contributed by atoms with Crippen LogP contribution in [-0.4, -0.2) is 63.5 Å². The molecule has 0 unspecified atom stereocenters. The van der Waals surface area contributed by atoms with Gasteiger partial charge in [0.05, 0.1) is 39.3 Å². The van der Waals surface area contributed by atoms with E-state index in [0.29, 0.717) is 28.7 Å². The molecule has 0 aliphatic carbocycles. The maximum atomic E-state index is 12.7. The van der Waals surface area contributed by atoms with Gasteiger partial charge in [-0.25, -0.2) is 4.79 Å². The lowest BCUT2D eigenvalue weighted by molar-refractivity contribution is -0.900. The number of aliphatic hydroxyl groups is 1. The van der Waals surface area contributed by atoms with Crippen LogP contribution < -0.4 is 21.0 Å². The molecule has 0 saturated carbocycles. The molecule has 0 amide bonds. The van der Waals surface area contributed by atoms with Crippen LogP contribution in [0.5, 0.6) is 0 Å². The van der Waals surface area contributed by atoms with Crippen molar-refractivity contribution >= 4 is 28.7 Å². The Hall–Kier alpha value is -2.62. The van der Waals surface area contributed by atoms with E-state index in [2.05, 4.69) is 14.9 Å². The molecular formula is C19H24ClN6O3+. The van der Waals surface area contributed by atoms with Crippen LogP contribution in [0.2, 0.25) is 5.02 Å². The zero-order valence-electron chi connectivity index (χ0n) is 16.2. The van der Waals surface area contributed by atoms with Gasteiger partial charge in [-0.15, -0.1) is 0 Å². The number of benzene rings is 1. The number of H-pyrrole nitrogens is 1. The zero-order chi connectivity index (χ0) is 20.5. The average molecular weight is 420 g/mol. The van der Waals surface area contributed by atoms with Crippen LogP contribution in [0.3, 0.4) is 0 Å². The molecule has 0 bridgehead atoms. The third kappa shape index (κ3) is 3.68. The number of anilines is 1. The second kappa shape index (κ2) is 8.02. The summed E-state index contributed by atoms with van der Waals surface area (Å²) in [5, 5.41) is 9.79. The molecule has 1 aromatic carbocycles. The zero-order valence-corrected chi connectivity index (χ0v) is 16.9. The summed E-state index contributed by atoms with van der Waals surface area (Å²) in [5.41, 5.74) is 0.623. The van der Waals surface area contributed by atoms with Crippen LogP contribution in [0.25, 0.3) is 11.2 Å². The van der Waals surface area contributed by atoms with Gasteiger partial charge in [0.25, 0.3) is 5.56 Å². The number of fused-ring (bicyclic) bond motifs is 1. The number of aliphatic hydroxyl groups excluding tert-OH is 1. The van der Waals surface area contributed by atoms with Gasteiger partial charge in [0.2, 0.25) is 5.95 Å². The summed E-state index contributed by atoms with van der Waals surface area (Å²) in [6, 6.07) is 7.49. The van der Waals surface area contributed by atoms with E-state index in [1.54, 1.807) is 7.05 Å². The van der Waals surface area contributed by atoms with Crippen molar-refractivity contribution in [2.45, 2.75) is 6.54 Å². The predicted octanol–water partition coefficient (Wildman–Crippen LogP) is -1.18. The van der Waals surface area contributed by atoms with Crippen LogP contribution in [0.4, 0.5) is 5.95 Å². The number of aromatic amines is 1. The number of halogens is 1. The highest BCUT2D eigenvalue weighted by molar-refractivity contribution is 6.31. The van der Waals surface area contributed by atoms with E-state index in [1.165, 1.54) is 9.47 Å². The van der Waals surface area contributed by atoms with Gasteiger partial charge in [0.1, 0.15) is 6.54 Å². The van der Waals surface area contributed by atoms with Crippen molar-refractivity contribution in [2.24, 2.45) is 7.05 Å². The second-order valence-electron chi connectivity index (χ2n) is 7.29. The fourth-order valence-electron chi connectivity index (χ4n) is 3.84. The van der Waals surface area contributed by atoms with Crippen LogP contribution in [0.1, 0.15) is 5.56 Å². The minimum Gasteiger partial charge on any atom is -0.391 e. The molecule has 4 rings (SSSR count). The summed E-state index contributed by atoms with van der Waals surface area (Å²) < 4.78 is 3.20. The fourth-order valence-corrected chi connectivity index (χ4v) is 4.04. The number of aryl methyl sites for hydroxylation is 1. The number of hydrogen-bond acceptors (Lipinski definition) is 5. The van der Waals surface area contributed by atoms with Crippen LogP contribution >= 0.6 is 11.6 Å². The molecule has 3 aromatic rings. The Balaban J connectivity index is 1.82. The number of aromatic nitrogens is 4. The summed E-state index contributed by atoms with van der Waals surface area (Å²) in [4.78, 5) is 35.3. The van der Waals surface area contributed by atoms with E-state index >= 15 is 0 Å². The molecule has 10 heteroatoms. The minimum absolute atomic E-state index is 0.165. The highest BCUT2D eigenvalue weighted by atomic mass is 35.5. The topological polar surface area (TPSA) is 101 Å². The molecular weight excluding hydrogens is 396 g/mol. The molecule has 154 valence electrons. The van der Waals surface area contributed by atoms with Gasteiger partial charge >= 0.3 is 5.69 Å². The van der Waals surface area contributed by atoms with E-state index in [9.17, 15) is 14.7 Å². The van der Waals surface area contributed by atoms with E-state index in [1.807, 2.05) is 28.8 Å². The third-order valence-electron chi connectivity index (χ3n) is 5.49. The number of rotatable bonds is 5. The highest BCUT2D eigenvalue weighted by Crippen LogP contribution is 2.24. The van der Waals surface area contributed by atoms with Gasteiger partial charge in [-0.1, -0.05) is 29.8 Å². The Labute approximate surface area is 171 Å². The quantitative estimate of drug-likeness (QED) is 0.483. The maximum Gasteiger partial charge on any atom is 0.329 e. The number of piperazine rings is 1. The van der Waals surface area contributed by atoms with Crippen molar-refractivity contribution in [2.75, 3.05) is 44.2 Å². The first-order chi connectivity index (χ1) is 14.0. The Morgan fingerprint density at radius 1 is 1.24 bits per heavy atom. The van der Waals surface area contributed by atoms with Crippen molar-refractivity contribution in [3.63, 3.8) is 0 Å². The van der Waals surface area contributed by atoms with Crippen LogP contribution in [0.15, 0.2) is 33.9 Å². The lowest BCUT2D eigenvalue weighted by Crippen LogP contribution is -3.15. The molecule has 0 radical (unpaired) electrons. The molecule has 1 aliphatic rings. The number of hydrogen-bond donors (Lipinski definition) is 3. The Morgan fingerprint density at radius 2 is 1.97 bits per heavy atom. The van der Waals surface area contributed by atoms with E-state index in [4.69, 9.17) is 11.6 Å². The second-order valence-corrected chi connectivity index (χ2v) is 7.70. The molecule has 1 fully saturated rings. The van der Waals surface area contributed by atoms with E-state index < -0.39 is 11.2 Å². The Morgan fingerprint density at radius 3 is 2.66 bits per heavy atom. The van der Waals surface area contributed by atoms with E-state index in [-0.39, 0.29) is 6.61 Å². The van der Waals surface area contributed by atoms with Gasteiger partial charge in [-0.2, -0.15) is 4.98 Å².